The highest BCUT2D eigenvalue weighted by molar-refractivity contribution is 5.74. The summed E-state index contributed by atoms with van der Waals surface area (Å²) in [5, 5.41) is 11.3. The average Bonchev–Trinajstić information content (AvgIpc) is 2.27. The number of carboxylic acid groups (broad SMARTS) is 1. The van der Waals surface area contributed by atoms with Crippen LogP contribution in [0, 0.1) is 5.92 Å². The molecular formula is C12H22N2O4. The number of rotatable bonds is 7. The van der Waals surface area contributed by atoms with Gasteiger partial charge in [-0.15, -0.1) is 0 Å². The molecule has 0 saturated heterocycles. The van der Waals surface area contributed by atoms with Crippen molar-refractivity contribution < 1.29 is 19.4 Å². The Bertz CT molecular complexity index is 292. The van der Waals surface area contributed by atoms with Crippen LogP contribution in [-0.2, 0) is 9.53 Å². The van der Waals surface area contributed by atoms with E-state index in [0.717, 1.165) is 6.54 Å². The van der Waals surface area contributed by atoms with Gasteiger partial charge in [0.25, 0.3) is 0 Å². The molecule has 2 N–H and O–H groups in total. The number of carboxylic acids is 1. The molecule has 1 rings (SSSR count). The van der Waals surface area contributed by atoms with Crippen molar-refractivity contribution in [2.24, 2.45) is 5.92 Å². The minimum absolute atomic E-state index is 0.108. The van der Waals surface area contributed by atoms with Crippen molar-refractivity contribution in [3.05, 3.63) is 0 Å². The molecule has 1 atom stereocenters. The zero-order valence-electron chi connectivity index (χ0n) is 11.0. The molecule has 0 aromatic rings. The largest absolute Gasteiger partial charge is 0.481 e. The van der Waals surface area contributed by atoms with Crippen LogP contribution in [0.2, 0.25) is 0 Å². The topological polar surface area (TPSA) is 78.9 Å². The van der Waals surface area contributed by atoms with Crippen molar-refractivity contribution >= 4 is 12.0 Å². The second-order valence-corrected chi connectivity index (χ2v) is 4.82. The normalized spacial score (nSPS) is 16.8. The van der Waals surface area contributed by atoms with E-state index in [9.17, 15) is 9.59 Å². The van der Waals surface area contributed by atoms with Crippen LogP contribution in [0.4, 0.5) is 4.79 Å². The Labute approximate surface area is 107 Å². The van der Waals surface area contributed by atoms with Gasteiger partial charge in [-0.3, -0.25) is 4.79 Å². The van der Waals surface area contributed by atoms with Gasteiger partial charge in [0.15, 0.2) is 0 Å². The molecule has 18 heavy (non-hydrogen) atoms. The van der Waals surface area contributed by atoms with Gasteiger partial charge in [-0.2, -0.15) is 0 Å². The second-order valence-electron chi connectivity index (χ2n) is 4.82. The van der Waals surface area contributed by atoms with Gasteiger partial charge in [0, 0.05) is 27.2 Å². The van der Waals surface area contributed by atoms with Crippen molar-refractivity contribution in [2.45, 2.75) is 31.8 Å². The van der Waals surface area contributed by atoms with Gasteiger partial charge in [-0.05, 0) is 18.8 Å². The molecule has 0 spiro atoms. The van der Waals surface area contributed by atoms with E-state index in [-0.39, 0.29) is 19.0 Å². The van der Waals surface area contributed by atoms with Gasteiger partial charge in [0.1, 0.15) is 0 Å². The Morgan fingerprint density at radius 3 is 2.61 bits per heavy atom. The molecular weight excluding hydrogens is 236 g/mol. The molecule has 1 aliphatic carbocycles. The Hall–Kier alpha value is -1.30. The molecule has 6 nitrogen and oxygen atoms in total. The second kappa shape index (κ2) is 7.20. The molecule has 0 aliphatic heterocycles. The predicted octanol–water partition coefficient (Wildman–Crippen LogP) is 0.918. The van der Waals surface area contributed by atoms with Crippen LogP contribution in [0.3, 0.4) is 0 Å². The van der Waals surface area contributed by atoms with Crippen LogP contribution >= 0.6 is 0 Å². The summed E-state index contributed by atoms with van der Waals surface area (Å²) in [7, 11) is 3.20. The Balaban J connectivity index is 2.22. The number of carbonyl (C=O) groups is 2. The lowest BCUT2D eigenvalue weighted by Crippen LogP contribution is -2.44. The fourth-order valence-corrected chi connectivity index (χ4v) is 1.92. The molecule has 0 aromatic carbocycles. The van der Waals surface area contributed by atoms with Crippen molar-refractivity contribution in [1.82, 2.24) is 10.2 Å². The van der Waals surface area contributed by atoms with E-state index in [2.05, 4.69) is 5.32 Å². The first-order chi connectivity index (χ1) is 8.52. The van der Waals surface area contributed by atoms with Crippen molar-refractivity contribution in [3.63, 3.8) is 0 Å². The minimum atomic E-state index is -0.932. The highest BCUT2D eigenvalue weighted by Gasteiger charge is 2.22. The van der Waals surface area contributed by atoms with Gasteiger partial charge in [-0.1, -0.05) is 6.42 Å². The molecule has 1 unspecified atom stereocenters. The van der Waals surface area contributed by atoms with E-state index >= 15 is 0 Å². The monoisotopic (exact) mass is 258 g/mol. The number of urea groups is 1. The summed E-state index contributed by atoms with van der Waals surface area (Å²) >= 11 is 0. The summed E-state index contributed by atoms with van der Waals surface area (Å²) in [5.41, 5.74) is 0. The zero-order chi connectivity index (χ0) is 13.5. The molecule has 1 fully saturated rings. The first-order valence-corrected chi connectivity index (χ1v) is 6.26. The Morgan fingerprint density at radius 1 is 1.50 bits per heavy atom. The summed E-state index contributed by atoms with van der Waals surface area (Å²) in [6.45, 7) is 0.985. The third kappa shape index (κ3) is 4.91. The van der Waals surface area contributed by atoms with E-state index in [1.54, 1.807) is 11.9 Å². The summed E-state index contributed by atoms with van der Waals surface area (Å²) in [4.78, 5) is 23.9. The maximum absolute atomic E-state index is 11.7. The molecule has 1 aliphatic rings. The SMILES string of the molecule is COC(CNC(=O)N(C)CC1CCC1)CC(=O)O. The number of ether oxygens (including phenoxy) is 1. The lowest BCUT2D eigenvalue weighted by molar-refractivity contribution is -0.139. The van der Waals surface area contributed by atoms with Crippen LogP contribution in [0.25, 0.3) is 0 Å². The van der Waals surface area contributed by atoms with Crippen LogP contribution in [0.1, 0.15) is 25.7 Å². The maximum atomic E-state index is 11.7. The lowest BCUT2D eigenvalue weighted by Gasteiger charge is -2.30. The average molecular weight is 258 g/mol. The van der Waals surface area contributed by atoms with Crippen molar-refractivity contribution in [1.29, 1.82) is 0 Å². The molecule has 2 amide bonds. The number of aliphatic carboxylic acids is 1. The summed E-state index contributed by atoms with van der Waals surface area (Å²) in [6.07, 6.45) is 3.05. The van der Waals surface area contributed by atoms with Gasteiger partial charge >= 0.3 is 12.0 Å². The van der Waals surface area contributed by atoms with Crippen molar-refractivity contribution in [2.75, 3.05) is 27.2 Å². The Kier molecular flexibility index (Phi) is 5.91. The van der Waals surface area contributed by atoms with Gasteiger partial charge in [0.2, 0.25) is 0 Å². The summed E-state index contributed by atoms with van der Waals surface area (Å²) < 4.78 is 4.99. The third-order valence-corrected chi connectivity index (χ3v) is 3.32. The molecule has 0 bridgehead atoms. The van der Waals surface area contributed by atoms with E-state index in [4.69, 9.17) is 9.84 Å². The minimum Gasteiger partial charge on any atom is -0.481 e. The number of hydrogen-bond donors (Lipinski definition) is 2. The summed E-state index contributed by atoms with van der Waals surface area (Å²) in [5.74, 6) is -0.308. The van der Waals surface area contributed by atoms with Gasteiger partial charge < -0.3 is 20.1 Å². The molecule has 0 heterocycles. The molecule has 1 saturated carbocycles. The van der Waals surface area contributed by atoms with Crippen LogP contribution in [0.15, 0.2) is 0 Å². The van der Waals surface area contributed by atoms with Crippen LogP contribution in [0.5, 0.6) is 0 Å². The third-order valence-electron chi connectivity index (χ3n) is 3.32. The van der Waals surface area contributed by atoms with E-state index in [0.29, 0.717) is 5.92 Å². The highest BCUT2D eigenvalue weighted by atomic mass is 16.5. The fraction of sp³-hybridized carbons (Fsp3) is 0.833. The number of nitrogens with one attached hydrogen (secondary N) is 1. The predicted molar refractivity (Wildman–Crippen MR) is 66.4 cm³/mol. The molecule has 6 heteroatoms. The molecule has 0 radical (unpaired) electrons. The highest BCUT2D eigenvalue weighted by Crippen LogP contribution is 2.26. The number of methoxy groups -OCH3 is 1. The fourth-order valence-electron chi connectivity index (χ4n) is 1.92. The zero-order valence-corrected chi connectivity index (χ0v) is 11.0. The van der Waals surface area contributed by atoms with Gasteiger partial charge in [-0.25, -0.2) is 4.79 Å². The number of hydrogen-bond acceptors (Lipinski definition) is 3. The standard InChI is InChI=1S/C12H22N2O4/c1-14(8-9-4-3-5-9)12(17)13-7-10(18-2)6-11(15)16/h9-10H,3-8H2,1-2H3,(H,13,17)(H,15,16). The first kappa shape index (κ1) is 14.8. The quantitative estimate of drug-likeness (QED) is 0.711. The number of nitrogens with zero attached hydrogens (tertiary/aromatic N) is 1. The van der Waals surface area contributed by atoms with E-state index < -0.39 is 12.1 Å². The van der Waals surface area contributed by atoms with E-state index in [1.165, 1.54) is 26.4 Å². The Morgan fingerprint density at radius 2 is 2.17 bits per heavy atom. The number of amides is 2. The van der Waals surface area contributed by atoms with Crippen LogP contribution < -0.4 is 5.32 Å². The smallest absolute Gasteiger partial charge is 0.317 e. The molecule has 104 valence electrons. The molecule has 0 aromatic heterocycles. The summed E-state index contributed by atoms with van der Waals surface area (Å²) in [6, 6.07) is -0.172. The number of carbonyl (C=O) groups excluding carboxylic acids is 1. The van der Waals surface area contributed by atoms with Crippen LogP contribution in [-0.4, -0.2) is 55.4 Å². The lowest BCUT2D eigenvalue weighted by atomic mass is 9.85. The maximum Gasteiger partial charge on any atom is 0.317 e. The van der Waals surface area contributed by atoms with E-state index in [1.807, 2.05) is 0 Å². The first-order valence-electron chi connectivity index (χ1n) is 6.26. The van der Waals surface area contributed by atoms with Gasteiger partial charge in [0.05, 0.1) is 12.5 Å². The van der Waals surface area contributed by atoms with Crippen molar-refractivity contribution in [3.8, 4) is 0 Å².